The van der Waals surface area contributed by atoms with Crippen LogP contribution in [0.3, 0.4) is 0 Å². The van der Waals surface area contributed by atoms with Crippen LogP contribution in [0, 0.1) is 5.82 Å². The van der Waals surface area contributed by atoms with Gasteiger partial charge < -0.3 is 19.5 Å². The molecule has 4 rings (SSSR count). The van der Waals surface area contributed by atoms with E-state index in [1.54, 1.807) is 24.3 Å². The van der Waals surface area contributed by atoms with Crippen molar-refractivity contribution in [1.29, 1.82) is 0 Å². The minimum absolute atomic E-state index is 0.0439. The third-order valence-corrected chi connectivity index (χ3v) is 6.35. The lowest BCUT2D eigenvalue weighted by molar-refractivity contribution is -0.141. The van der Waals surface area contributed by atoms with Gasteiger partial charge in [-0.1, -0.05) is 41.9 Å². The van der Waals surface area contributed by atoms with Crippen molar-refractivity contribution >= 4 is 40.1 Å². The summed E-state index contributed by atoms with van der Waals surface area (Å²) in [6.45, 7) is 0.100. The zero-order chi connectivity index (χ0) is 27.8. The van der Waals surface area contributed by atoms with Gasteiger partial charge in [-0.25, -0.2) is 8.78 Å². The smallest absolute Gasteiger partial charge is 0.245 e. The van der Waals surface area contributed by atoms with E-state index in [1.165, 1.54) is 35.9 Å². The number of para-hydroxylation sites is 1. The number of amides is 2. The van der Waals surface area contributed by atoms with E-state index >= 15 is 4.39 Å². The molecule has 0 bridgehead atoms. The van der Waals surface area contributed by atoms with Crippen molar-refractivity contribution in [2.24, 2.45) is 0 Å². The highest BCUT2D eigenvalue weighted by molar-refractivity contribution is 6.30. The van der Waals surface area contributed by atoms with Crippen molar-refractivity contribution in [2.45, 2.75) is 38.3 Å². The molecule has 0 radical (unpaired) electrons. The fourth-order valence-corrected chi connectivity index (χ4v) is 4.53. The summed E-state index contributed by atoms with van der Waals surface area (Å²) in [5, 5.41) is 2.89. The van der Waals surface area contributed by atoms with Crippen LogP contribution in [0.15, 0.2) is 48.7 Å². The number of ketones is 1. The summed E-state index contributed by atoms with van der Waals surface area (Å²) in [5.74, 6) is -2.59. The Labute approximate surface area is 209 Å². The molecular formula is C25H24ClF2N3O4. The Balaban J connectivity index is 1.61. The first-order valence-corrected chi connectivity index (χ1v) is 11.2. The van der Waals surface area contributed by atoms with Gasteiger partial charge in [-0.05, 0) is 19.1 Å². The Hall–Kier alpha value is -3.30. The van der Waals surface area contributed by atoms with Crippen LogP contribution in [-0.2, 0) is 27.4 Å². The predicted octanol–water partition coefficient (Wildman–Crippen LogP) is 3.52. The number of fused-ring (bicyclic) bond motifs is 1. The van der Waals surface area contributed by atoms with E-state index in [0.29, 0.717) is 16.5 Å². The van der Waals surface area contributed by atoms with E-state index < -0.39 is 49.5 Å². The Morgan fingerprint density at radius 1 is 1.23 bits per heavy atom. The molecule has 1 aliphatic rings. The summed E-state index contributed by atoms with van der Waals surface area (Å²) in [7, 11) is -3.04. The second kappa shape index (κ2) is 10.1. The maximum Gasteiger partial charge on any atom is 0.245 e. The van der Waals surface area contributed by atoms with E-state index in [2.05, 4.69) is 5.32 Å². The molecule has 0 spiro atoms. The zero-order valence-corrected chi connectivity index (χ0v) is 19.4. The quantitative estimate of drug-likeness (QED) is 0.497. The average molecular weight is 507 g/mol. The van der Waals surface area contributed by atoms with Crippen LogP contribution < -0.4 is 5.32 Å². The molecule has 35 heavy (non-hydrogen) atoms. The maximum atomic E-state index is 15.0. The van der Waals surface area contributed by atoms with Gasteiger partial charge in [-0.3, -0.25) is 14.4 Å². The third kappa shape index (κ3) is 4.78. The van der Waals surface area contributed by atoms with Gasteiger partial charge in [-0.15, -0.1) is 0 Å². The number of rotatable bonds is 7. The van der Waals surface area contributed by atoms with Crippen LogP contribution in [0.2, 0.25) is 5.02 Å². The van der Waals surface area contributed by atoms with E-state index in [9.17, 15) is 18.8 Å². The number of nitrogens with one attached hydrogen (secondary N) is 1. The average Bonchev–Trinajstić information content (AvgIpc) is 3.37. The molecule has 0 aliphatic carbocycles. The Bertz CT molecular complexity index is 1400. The number of carbonyl (C=O) groups excluding carboxylic acids is 3. The van der Waals surface area contributed by atoms with Gasteiger partial charge in [0.25, 0.3) is 0 Å². The fourth-order valence-electron chi connectivity index (χ4n) is 4.33. The minimum Gasteiger partial charge on any atom is -0.376 e. The van der Waals surface area contributed by atoms with Crippen molar-refractivity contribution in [3.8, 4) is 0 Å². The van der Waals surface area contributed by atoms with Gasteiger partial charge in [0.2, 0.25) is 11.8 Å². The second-order valence-electron chi connectivity index (χ2n) is 8.26. The number of alkyl halides is 1. The standard InChI is InChI=1S/C25H24ClF2N3O4/c1-14(32)17-11-30(20-9-4-3-7-16(17)20)13-21(33)31-12-19(27)24(35-2)23(31)25(34)29-10-15-6-5-8-18(26)22(15)28/h3-9,11,19,23-24H,10,12-13H2,1-2H3,(H,29,34)/t19-,23-,24+/m0/s1/i2D3. The lowest BCUT2D eigenvalue weighted by atomic mass is 10.1. The Morgan fingerprint density at radius 2 is 2.00 bits per heavy atom. The number of likely N-dealkylation sites (tertiary alicyclic amines) is 1. The fraction of sp³-hybridized carbons (Fsp3) is 0.320. The molecule has 3 aromatic rings. The summed E-state index contributed by atoms with van der Waals surface area (Å²) in [6, 6.07) is 9.46. The highest BCUT2D eigenvalue weighted by Gasteiger charge is 2.48. The molecule has 10 heteroatoms. The molecule has 0 unspecified atom stereocenters. The van der Waals surface area contributed by atoms with Crippen LogP contribution in [0.4, 0.5) is 8.78 Å². The van der Waals surface area contributed by atoms with Gasteiger partial charge >= 0.3 is 0 Å². The first-order valence-electron chi connectivity index (χ1n) is 12.3. The molecule has 7 nitrogen and oxygen atoms in total. The molecule has 3 atom stereocenters. The van der Waals surface area contributed by atoms with Gasteiger partial charge in [0.15, 0.2) is 5.78 Å². The zero-order valence-electron chi connectivity index (χ0n) is 21.6. The molecule has 2 heterocycles. The highest BCUT2D eigenvalue weighted by Crippen LogP contribution is 2.27. The number of halogens is 3. The van der Waals surface area contributed by atoms with Crippen molar-refractivity contribution in [3.63, 3.8) is 0 Å². The summed E-state index contributed by atoms with van der Waals surface area (Å²) in [6.07, 6.45) is -2.27. The normalized spacial score (nSPS) is 21.4. The van der Waals surface area contributed by atoms with Crippen molar-refractivity contribution < 1.29 is 32.0 Å². The second-order valence-corrected chi connectivity index (χ2v) is 8.67. The molecule has 1 N–H and O–H groups in total. The topological polar surface area (TPSA) is 80.6 Å². The predicted molar refractivity (Wildman–Crippen MR) is 126 cm³/mol. The van der Waals surface area contributed by atoms with Gasteiger partial charge in [-0.2, -0.15) is 0 Å². The van der Waals surface area contributed by atoms with E-state index in [0.717, 1.165) is 4.90 Å². The number of nitrogens with zero attached hydrogens (tertiary/aromatic N) is 2. The number of benzene rings is 2. The number of ether oxygens (including phenoxy) is 1. The van der Waals surface area contributed by atoms with Crippen molar-refractivity contribution in [3.05, 3.63) is 70.6 Å². The molecule has 0 saturated carbocycles. The monoisotopic (exact) mass is 506 g/mol. The van der Waals surface area contributed by atoms with E-state index in [-0.39, 0.29) is 29.5 Å². The van der Waals surface area contributed by atoms with Crippen molar-refractivity contribution in [1.82, 2.24) is 14.8 Å². The SMILES string of the molecule is [2H]C([2H])([2H])O[C@H]1[C@@H](C(=O)NCc2cccc(Cl)c2F)N(C(=O)Cn2cc(C(C)=O)c3ccccc32)C[C@@H]1F. The van der Waals surface area contributed by atoms with Crippen molar-refractivity contribution in [2.75, 3.05) is 13.6 Å². The van der Waals surface area contributed by atoms with E-state index in [1.807, 2.05) is 0 Å². The first kappa shape index (κ1) is 21.0. The number of carbonyl (C=O) groups is 3. The first-order chi connectivity index (χ1) is 17.9. The largest absolute Gasteiger partial charge is 0.376 e. The highest BCUT2D eigenvalue weighted by atomic mass is 35.5. The lowest BCUT2D eigenvalue weighted by Crippen LogP contribution is -2.51. The van der Waals surface area contributed by atoms with Gasteiger partial charge in [0.05, 0.1) is 15.7 Å². The summed E-state index contributed by atoms with van der Waals surface area (Å²) < 4.78 is 57.9. The molecule has 1 saturated heterocycles. The molecular weight excluding hydrogens is 480 g/mol. The number of hydrogen-bond acceptors (Lipinski definition) is 4. The number of Topliss-reactive ketones (excluding diaryl/α,β-unsaturated/α-hetero) is 1. The molecule has 1 aromatic heterocycles. The number of hydrogen-bond donors (Lipinski definition) is 1. The van der Waals surface area contributed by atoms with Gasteiger partial charge in [0.1, 0.15) is 30.7 Å². The molecule has 2 amide bonds. The van der Waals surface area contributed by atoms with Crippen LogP contribution in [0.1, 0.15) is 27.0 Å². The third-order valence-electron chi connectivity index (χ3n) is 6.06. The van der Waals surface area contributed by atoms with Crippen LogP contribution >= 0.6 is 11.6 Å². The Morgan fingerprint density at radius 3 is 2.74 bits per heavy atom. The summed E-state index contributed by atoms with van der Waals surface area (Å²) in [4.78, 5) is 39.6. The molecule has 2 aromatic carbocycles. The summed E-state index contributed by atoms with van der Waals surface area (Å²) >= 11 is 5.78. The van der Waals surface area contributed by atoms with Crippen LogP contribution in [0.5, 0.6) is 0 Å². The lowest BCUT2D eigenvalue weighted by Gasteiger charge is -2.26. The number of aromatic nitrogens is 1. The minimum atomic E-state index is -3.04. The van der Waals surface area contributed by atoms with Crippen LogP contribution in [-0.4, -0.2) is 59.0 Å². The molecule has 184 valence electrons. The maximum absolute atomic E-state index is 15.0. The summed E-state index contributed by atoms with van der Waals surface area (Å²) in [5.41, 5.74) is 1.01. The molecule has 1 fully saturated rings. The number of methoxy groups -OCH3 is 1. The Kier molecular flexibility index (Phi) is 6.08. The molecule has 1 aliphatic heterocycles. The van der Waals surface area contributed by atoms with Crippen LogP contribution in [0.25, 0.3) is 10.9 Å². The van der Waals surface area contributed by atoms with E-state index in [4.69, 9.17) is 20.5 Å². The van der Waals surface area contributed by atoms with Gasteiger partial charge in [0, 0.05) is 41.8 Å².